The highest BCUT2D eigenvalue weighted by Gasteiger charge is 2.17. The van der Waals surface area contributed by atoms with Crippen LogP contribution in [0.5, 0.6) is 0 Å². The predicted molar refractivity (Wildman–Crippen MR) is 104 cm³/mol. The molecule has 0 radical (unpaired) electrons. The van der Waals surface area contributed by atoms with E-state index in [9.17, 15) is 8.78 Å². The molecule has 0 fully saturated rings. The van der Waals surface area contributed by atoms with Gasteiger partial charge >= 0.3 is 6.55 Å². The van der Waals surface area contributed by atoms with E-state index in [1.54, 1.807) is 0 Å². The van der Waals surface area contributed by atoms with Gasteiger partial charge in [-0.1, -0.05) is 60.3 Å². The maximum absolute atomic E-state index is 13.1. The largest absolute Gasteiger partial charge is 0.319 e. The summed E-state index contributed by atoms with van der Waals surface area (Å²) >= 11 is 1.34. The summed E-state index contributed by atoms with van der Waals surface area (Å²) in [6.07, 6.45) is 3.28. The van der Waals surface area contributed by atoms with Gasteiger partial charge in [0.2, 0.25) is 0 Å². The molecule has 2 heterocycles. The fraction of sp³-hybridized carbons (Fsp3) is 0.150. The number of hydrogen-bond acceptors (Lipinski definition) is 4. The van der Waals surface area contributed by atoms with E-state index in [4.69, 9.17) is 0 Å². The zero-order chi connectivity index (χ0) is 19.3. The van der Waals surface area contributed by atoms with Crippen molar-refractivity contribution in [3.8, 4) is 5.69 Å². The van der Waals surface area contributed by atoms with Crippen LogP contribution in [0.2, 0.25) is 0 Å². The van der Waals surface area contributed by atoms with Crippen molar-refractivity contribution in [1.29, 1.82) is 0 Å². The van der Waals surface area contributed by atoms with Gasteiger partial charge in [0, 0.05) is 24.5 Å². The fourth-order valence-corrected chi connectivity index (χ4v) is 3.81. The molecule has 0 aliphatic carbocycles. The van der Waals surface area contributed by atoms with Crippen LogP contribution in [-0.4, -0.2) is 24.3 Å². The van der Waals surface area contributed by atoms with Crippen LogP contribution in [0.1, 0.15) is 23.8 Å². The lowest BCUT2D eigenvalue weighted by atomic mass is 10.1. The maximum atomic E-state index is 13.1. The van der Waals surface area contributed by atoms with Crippen molar-refractivity contribution in [1.82, 2.24) is 24.3 Å². The summed E-state index contributed by atoms with van der Waals surface area (Å²) in [5.41, 5.74) is 2.05. The molecule has 0 aliphatic heterocycles. The third-order valence-corrected chi connectivity index (χ3v) is 5.13. The molecule has 0 atom stereocenters. The molecule has 2 aromatic carbocycles. The molecule has 0 N–H and O–H groups in total. The standard InChI is InChI=1S/C20H17F2N5S/c21-19(22)26-12-11-23-18(26)14-28-20-25-24-17(13-15-7-3-1-4-8-15)27(20)16-9-5-2-6-10-16/h1-12,19H,13-14H2. The van der Waals surface area contributed by atoms with Crippen LogP contribution in [0.3, 0.4) is 0 Å². The minimum Gasteiger partial charge on any atom is -0.277 e. The first-order valence-electron chi connectivity index (χ1n) is 8.68. The molecule has 4 rings (SSSR count). The number of aromatic nitrogens is 5. The zero-order valence-corrected chi connectivity index (χ0v) is 15.6. The molecule has 0 amide bonds. The zero-order valence-electron chi connectivity index (χ0n) is 14.8. The highest BCUT2D eigenvalue weighted by atomic mass is 32.2. The van der Waals surface area contributed by atoms with E-state index < -0.39 is 6.55 Å². The summed E-state index contributed by atoms with van der Waals surface area (Å²) < 4.78 is 28.9. The minimum atomic E-state index is -2.61. The first-order valence-corrected chi connectivity index (χ1v) is 9.67. The summed E-state index contributed by atoms with van der Waals surface area (Å²) in [6.45, 7) is -2.61. The van der Waals surface area contributed by atoms with Gasteiger partial charge in [-0.25, -0.2) is 4.98 Å². The number of benzene rings is 2. The second kappa shape index (κ2) is 8.35. The van der Waals surface area contributed by atoms with E-state index in [1.807, 2.05) is 65.2 Å². The first-order chi connectivity index (χ1) is 13.7. The van der Waals surface area contributed by atoms with Crippen LogP contribution in [0.25, 0.3) is 5.69 Å². The van der Waals surface area contributed by atoms with Crippen molar-refractivity contribution in [2.24, 2.45) is 0 Å². The van der Waals surface area contributed by atoms with Gasteiger partial charge in [-0.3, -0.25) is 9.13 Å². The van der Waals surface area contributed by atoms with Gasteiger partial charge < -0.3 is 0 Å². The summed E-state index contributed by atoms with van der Waals surface area (Å²) in [5.74, 6) is 1.36. The average Bonchev–Trinajstić information content (AvgIpc) is 3.35. The molecule has 5 nitrogen and oxygen atoms in total. The lowest BCUT2D eigenvalue weighted by Crippen LogP contribution is -2.05. The smallest absolute Gasteiger partial charge is 0.277 e. The second-order valence-electron chi connectivity index (χ2n) is 6.05. The van der Waals surface area contributed by atoms with Crippen molar-refractivity contribution in [3.63, 3.8) is 0 Å². The van der Waals surface area contributed by atoms with Crippen molar-refractivity contribution >= 4 is 11.8 Å². The molecule has 8 heteroatoms. The van der Waals surface area contributed by atoms with Gasteiger partial charge in [0.15, 0.2) is 5.16 Å². The van der Waals surface area contributed by atoms with E-state index in [0.29, 0.717) is 17.4 Å². The number of halogens is 2. The molecule has 4 aromatic rings. The summed E-state index contributed by atoms with van der Waals surface area (Å²) in [4.78, 5) is 4.03. The highest BCUT2D eigenvalue weighted by molar-refractivity contribution is 7.98. The average molecular weight is 397 g/mol. The Morgan fingerprint density at radius 2 is 1.61 bits per heavy atom. The van der Waals surface area contributed by atoms with Crippen LogP contribution in [0, 0.1) is 0 Å². The van der Waals surface area contributed by atoms with E-state index in [1.165, 1.54) is 24.2 Å². The SMILES string of the molecule is FC(F)n1ccnc1CSc1nnc(Cc2ccccc2)n1-c1ccccc1. The van der Waals surface area contributed by atoms with Crippen LogP contribution in [0.15, 0.2) is 78.2 Å². The van der Waals surface area contributed by atoms with E-state index >= 15 is 0 Å². The van der Waals surface area contributed by atoms with Crippen molar-refractivity contribution in [3.05, 3.63) is 90.3 Å². The van der Waals surface area contributed by atoms with Gasteiger partial charge in [0.25, 0.3) is 0 Å². The number of rotatable bonds is 7. The quantitative estimate of drug-likeness (QED) is 0.423. The summed E-state index contributed by atoms with van der Waals surface area (Å²) in [7, 11) is 0. The third-order valence-electron chi connectivity index (χ3n) is 4.21. The maximum Gasteiger partial charge on any atom is 0.319 e. The lowest BCUT2D eigenvalue weighted by Gasteiger charge is -2.11. The Labute approximate surface area is 165 Å². The molecule has 0 spiro atoms. The van der Waals surface area contributed by atoms with Gasteiger partial charge in [-0.15, -0.1) is 10.2 Å². The van der Waals surface area contributed by atoms with Crippen LogP contribution < -0.4 is 0 Å². The van der Waals surface area contributed by atoms with Crippen molar-refractivity contribution in [2.75, 3.05) is 0 Å². The monoisotopic (exact) mass is 397 g/mol. The van der Waals surface area contributed by atoms with Gasteiger partial charge in [-0.2, -0.15) is 8.78 Å². The van der Waals surface area contributed by atoms with E-state index in [-0.39, 0.29) is 5.75 Å². The number of imidazole rings is 1. The molecule has 28 heavy (non-hydrogen) atoms. The van der Waals surface area contributed by atoms with E-state index in [2.05, 4.69) is 15.2 Å². The Hall–Kier alpha value is -3.00. The Morgan fingerprint density at radius 1 is 0.893 bits per heavy atom. The number of nitrogens with zero attached hydrogens (tertiary/aromatic N) is 5. The molecule has 0 aliphatic rings. The highest BCUT2D eigenvalue weighted by Crippen LogP contribution is 2.27. The molecule has 0 bridgehead atoms. The van der Waals surface area contributed by atoms with Crippen molar-refractivity contribution in [2.45, 2.75) is 23.9 Å². The molecular weight excluding hydrogens is 380 g/mol. The Kier molecular flexibility index (Phi) is 5.48. The number of para-hydroxylation sites is 1. The Bertz CT molecular complexity index is 1030. The topological polar surface area (TPSA) is 48.5 Å². The van der Waals surface area contributed by atoms with Gasteiger partial charge in [0.05, 0.1) is 5.75 Å². The first kappa shape index (κ1) is 18.4. The van der Waals surface area contributed by atoms with Crippen LogP contribution in [0.4, 0.5) is 8.78 Å². The minimum absolute atomic E-state index is 0.271. The van der Waals surface area contributed by atoms with Gasteiger partial charge in [0.1, 0.15) is 11.6 Å². The molecule has 0 saturated carbocycles. The fourth-order valence-electron chi connectivity index (χ4n) is 2.89. The van der Waals surface area contributed by atoms with Crippen LogP contribution >= 0.6 is 11.8 Å². The Balaban J connectivity index is 1.64. The Morgan fingerprint density at radius 3 is 2.32 bits per heavy atom. The number of thioether (sulfide) groups is 1. The van der Waals surface area contributed by atoms with Crippen LogP contribution in [-0.2, 0) is 12.2 Å². The molecule has 2 aromatic heterocycles. The summed E-state index contributed by atoms with van der Waals surface area (Å²) in [6, 6.07) is 19.8. The lowest BCUT2D eigenvalue weighted by molar-refractivity contribution is 0.0678. The predicted octanol–water partition coefficient (Wildman–Crippen LogP) is 4.74. The second-order valence-corrected chi connectivity index (χ2v) is 6.99. The van der Waals surface area contributed by atoms with E-state index in [0.717, 1.165) is 21.6 Å². The normalized spacial score (nSPS) is 11.2. The van der Waals surface area contributed by atoms with Crippen molar-refractivity contribution < 1.29 is 8.78 Å². The third kappa shape index (κ3) is 3.96. The number of alkyl halides is 2. The number of hydrogen-bond donors (Lipinski definition) is 0. The van der Waals surface area contributed by atoms with Gasteiger partial charge in [-0.05, 0) is 17.7 Å². The molecule has 142 valence electrons. The molecular formula is C20H17F2N5S. The molecule has 0 unspecified atom stereocenters. The summed E-state index contributed by atoms with van der Waals surface area (Å²) in [5, 5.41) is 9.32. The molecule has 0 saturated heterocycles.